The van der Waals surface area contributed by atoms with Crippen LogP contribution in [0, 0.1) is 0 Å². The topological polar surface area (TPSA) is 78.5 Å². The number of benzene rings is 1. The maximum absolute atomic E-state index is 12.0. The fraction of sp³-hybridized carbons (Fsp3) is 0.462. The Hall–Kier alpha value is -1.44. The SMILES string of the molecule is CCNCCC(=O)Nc1cccc(S(=O)(=O)N(C)C)c1. The summed E-state index contributed by atoms with van der Waals surface area (Å²) in [4.78, 5) is 11.8. The van der Waals surface area contributed by atoms with Gasteiger partial charge in [-0.3, -0.25) is 4.79 Å². The van der Waals surface area contributed by atoms with Gasteiger partial charge in [0.2, 0.25) is 15.9 Å². The van der Waals surface area contributed by atoms with Crippen molar-refractivity contribution in [3.05, 3.63) is 24.3 Å². The van der Waals surface area contributed by atoms with Crippen LogP contribution >= 0.6 is 0 Å². The summed E-state index contributed by atoms with van der Waals surface area (Å²) in [6.45, 7) is 3.37. The molecular weight excluding hydrogens is 278 g/mol. The highest BCUT2D eigenvalue weighted by molar-refractivity contribution is 7.89. The van der Waals surface area contributed by atoms with E-state index in [0.717, 1.165) is 10.8 Å². The van der Waals surface area contributed by atoms with Gasteiger partial charge in [-0.25, -0.2) is 12.7 Å². The Morgan fingerprint density at radius 1 is 1.30 bits per heavy atom. The van der Waals surface area contributed by atoms with Crippen molar-refractivity contribution in [1.29, 1.82) is 0 Å². The fourth-order valence-corrected chi connectivity index (χ4v) is 2.50. The summed E-state index contributed by atoms with van der Waals surface area (Å²) < 4.78 is 25.1. The van der Waals surface area contributed by atoms with Gasteiger partial charge < -0.3 is 10.6 Å². The maximum atomic E-state index is 12.0. The first kappa shape index (κ1) is 16.6. The van der Waals surface area contributed by atoms with Gasteiger partial charge in [0, 0.05) is 32.7 Å². The van der Waals surface area contributed by atoms with Gasteiger partial charge in [-0.1, -0.05) is 13.0 Å². The first-order valence-corrected chi connectivity index (χ1v) is 7.85. The third-order valence-electron chi connectivity index (χ3n) is 2.68. The van der Waals surface area contributed by atoms with E-state index in [9.17, 15) is 13.2 Å². The summed E-state index contributed by atoms with van der Waals surface area (Å²) in [5.74, 6) is -0.148. The largest absolute Gasteiger partial charge is 0.326 e. The molecule has 0 aromatic heterocycles. The number of hydrogen-bond donors (Lipinski definition) is 2. The molecule has 1 aromatic rings. The molecule has 0 aliphatic rings. The molecule has 112 valence electrons. The summed E-state index contributed by atoms with van der Waals surface area (Å²) in [5, 5.41) is 5.74. The highest BCUT2D eigenvalue weighted by Crippen LogP contribution is 2.17. The van der Waals surface area contributed by atoms with Crippen molar-refractivity contribution >= 4 is 21.6 Å². The van der Waals surface area contributed by atoms with Gasteiger partial charge in [-0.05, 0) is 24.7 Å². The molecule has 7 heteroatoms. The molecule has 2 N–H and O–H groups in total. The minimum absolute atomic E-state index is 0.148. The molecule has 0 saturated carbocycles. The summed E-state index contributed by atoms with van der Waals surface area (Å²) in [5.41, 5.74) is 0.481. The van der Waals surface area contributed by atoms with Crippen molar-refractivity contribution in [2.24, 2.45) is 0 Å². The third-order valence-corrected chi connectivity index (χ3v) is 4.49. The van der Waals surface area contributed by atoms with Gasteiger partial charge in [-0.15, -0.1) is 0 Å². The zero-order chi connectivity index (χ0) is 15.2. The van der Waals surface area contributed by atoms with Crippen molar-refractivity contribution in [2.45, 2.75) is 18.2 Å². The molecule has 0 fully saturated rings. The van der Waals surface area contributed by atoms with E-state index in [-0.39, 0.29) is 10.8 Å². The second-order valence-corrected chi connectivity index (χ2v) is 6.62. The van der Waals surface area contributed by atoms with Gasteiger partial charge >= 0.3 is 0 Å². The lowest BCUT2D eigenvalue weighted by molar-refractivity contribution is -0.116. The van der Waals surface area contributed by atoms with E-state index in [1.165, 1.54) is 26.2 Å². The van der Waals surface area contributed by atoms with E-state index >= 15 is 0 Å². The molecule has 6 nitrogen and oxygen atoms in total. The van der Waals surface area contributed by atoms with Gasteiger partial charge in [0.1, 0.15) is 0 Å². The molecule has 1 aromatic carbocycles. The molecule has 0 saturated heterocycles. The summed E-state index contributed by atoms with van der Waals surface area (Å²) in [6, 6.07) is 6.24. The number of carbonyl (C=O) groups excluding carboxylic acids is 1. The van der Waals surface area contributed by atoms with Crippen LogP contribution in [0.1, 0.15) is 13.3 Å². The molecule has 0 atom stereocenters. The standard InChI is InChI=1S/C13H21N3O3S/c1-4-14-9-8-13(17)15-11-6-5-7-12(10-11)20(18,19)16(2)3/h5-7,10,14H,4,8-9H2,1-3H3,(H,15,17). The van der Waals surface area contributed by atoms with Crippen LogP contribution in [0.5, 0.6) is 0 Å². The Bertz CT molecular complexity index is 556. The first-order chi connectivity index (χ1) is 9.37. The minimum atomic E-state index is -3.49. The zero-order valence-corrected chi connectivity index (χ0v) is 12.8. The number of nitrogens with one attached hydrogen (secondary N) is 2. The highest BCUT2D eigenvalue weighted by Gasteiger charge is 2.17. The van der Waals surface area contributed by atoms with Gasteiger partial charge in [0.25, 0.3) is 0 Å². The van der Waals surface area contributed by atoms with Crippen LogP contribution in [-0.2, 0) is 14.8 Å². The fourth-order valence-electron chi connectivity index (χ4n) is 1.55. The van der Waals surface area contributed by atoms with Gasteiger partial charge in [0.15, 0.2) is 0 Å². The summed E-state index contributed by atoms with van der Waals surface area (Å²) in [7, 11) is -0.548. The Morgan fingerprint density at radius 3 is 2.60 bits per heavy atom. The predicted octanol–water partition coefficient (Wildman–Crippen LogP) is 0.875. The molecule has 0 radical (unpaired) electrons. The predicted molar refractivity (Wildman–Crippen MR) is 79.1 cm³/mol. The Balaban J connectivity index is 2.77. The van der Waals surface area contributed by atoms with E-state index < -0.39 is 10.0 Å². The number of sulfonamides is 1. The smallest absolute Gasteiger partial charge is 0.242 e. The van der Waals surface area contributed by atoms with Crippen molar-refractivity contribution in [2.75, 3.05) is 32.5 Å². The van der Waals surface area contributed by atoms with E-state index in [1.807, 2.05) is 6.92 Å². The number of carbonyl (C=O) groups is 1. The first-order valence-electron chi connectivity index (χ1n) is 6.41. The Morgan fingerprint density at radius 2 is 2.00 bits per heavy atom. The molecule has 0 bridgehead atoms. The number of rotatable bonds is 7. The van der Waals surface area contributed by atoms with E-state index in [1.54, 1.807) is 12.1 Å². The zero-order valence-electron chi connectivity index (χ0n) is 12.0. The van der Waals surface area contributed by atoms with E-state index in [4.69, 9.17) is 0 Å². The second-order valence-electron chi connectivity index (χ2n) is 4.47. The normalized spacial score (nSPS) is 11.6. The molecule has 1 rings (SSSR count). The maximum Gasteiger partial charge on any atom is 0.242 e. The van der Waals surface area contributed by atoms with Crippen molar-refractivity contribution in [3.8, 4) is 0 Å². The molecule has 20 heavy (non-hydrogen) atoms. The molecule has 0 heterocycles. The molecule has 0 spiro atoms. The Labute approximate surface area is 120 Å². The lowest BCUT2D eigenvalue weighted by Crippen LogP contribution is -2.23. The number of anilines is 1. The Kier molecular flexibility index (Phi) is 6.12. The van der Waals surface area contributed by atoms with Crippen LogP contribution < -0.4 is 10.6 Å². The second kappa shape index (κ2) is 7.37. The van der Waals surface area contributed by atoms with Crippen LogP contribution in [0.4, 0.5) is 5.69 Å². The van der Waals surface area contributed by atoms with Crippen LogP contribution in [0.3, 0.4) is 0 Å². The lowest BCUT2D eigenvalue weighted by atomic mass is 10.3. The van der Waals surface area contributed by atoms with Crippen molar-refractivity contribution in [1.82, 2.24) is 9.62 Å². The van der Waals surface area contributed by atoms with E-state index in [2.05, 4.69) is 10.6 Å². The number of amides is 1. The number of nitrogens with zero attached hydrogens (tertiary/aromatic N) is 1. The molecule has 0 aliphatic heterocycles. The number of hydrogen-bond acceptors (Lipinski definition) is 4. The molecular formula is C13H21N3O3S. The minimum Gasteiger partial charge on any atom is -0.326 e. The van der Waals surface area contributed by atoms with E-state index in [0.29, 0.717) is 18.7 Å². The molecule has 1 amide bonds. The van der Waals surface area contributed by atoms with Crippen LogP contribution in [0.15, 0.2) is 29.2 Å². The molecule has 0 aliphatic carbocycles. The van der Waals surface area contributed by atoms with Crippen LogP contribution in [-0.4, -0.2) is 45.8 Å². The third kappa shape index (κ3) is 4.59. The van der Waals surface area contributed by atoms with Crippen LogP contribution in [0.25, 0.3) is 0 Å². The lowest BCUT2D eigenvalue weighted by Gasteiger charge is -2.12. The van der Waals surface area contributed by atoms with Crippen LogP contribution in [0.2, 0.25) is 0 Å². The van der Waals surface area contributed by atoms with Gasteiger partial charge in [-0.2, -0.15) is 0 Å². The summed E-state index contributed by atoms with van der Waals surface area (Å²) in [6.07, 6.45) is 0.346. The monoisotopic (exact) mass is 299 g/mol. The van der Waals surface area contributed by atoms with Crippen molar-refractivity contribution in [3.63, 3.8) is 0 Å². The van der Waals surface area contributed by atoms with Gasteiger partial charge in [0.05, 0.1) is 4.90 Å². The highest BCUT2D eigenvalue weighted by atomic mass is 32.2. The average Bonchev–Trinajstić information content (AvgIpc) is 2.39. The quantitative estimate of drug-likeness (QED) is 0.733. The summed E-state index contributed by atoms with van der Waals surface area (Å²) >= 11 is 0. The average molecular weight is 299 g/mol. The van der Waals surface area contributed by atoms with Crippen molar-refractivity contribution < 1.29 is 13.2 Å². The molecule has 0 unspecified atom stereocenters.